The summed E-state index contributed by atoms with van der Waals surface area (Å²) in [6.07, 6.45) is 0. The number of aromatic nitrogens is 1. The van der Waals surface area contributed by atoms with E-state index in [1.807, 2.05) is 50.2 Å². The first-order chi connectivity index (χ1) is 9.08. The van der Waals surface area contributed by atoms with Crippen LogP contribution in [0.25, 0.3) is 0 Å². The van der Waals surface area contributed by atoms with Gasteiger partial charge in [0.25, 0.3) is 0 Å². The van der Waals surface area contributed by atoms with Gasteiger partial charge in [0.05, 0.1) is 11.6 Å². The van der Waals surface area contributed by atoms with E-state index in [1.165, 1.54) is 0 Å². The van der Waals surface area contributed by atoms with Crippen LogP contribution in [0.3, 0.4) is 0 Å². The van der Waals surface area contributed by atoms with Crippen LogP contribution in [-0.2, 0) is 0 Å². The SMILES string of the molecule is Cc1cc(C#N)cc(Nc2cccc(N(C)C)c2)n1. The van der Waals surface area contributed by atoms with Crippen molar-refractivity contribution in [1.82, 2.24) is 4.98 Å². The van der Waals surface area contributed by atoms with Crippen LogP contribution in [-0.4, -0.2) is 19.1 Å². The average molecular weight is 252 g/mol. The summed E-state index contributed by atoms with van der Waals surface area (Å²) in [5.41, 5.74) is 3.50. The lowest BCUT2D eigenvalue weighted by Crippen LogP contribution is -2.08. The van der Waals surface area contributed by atoms with E-state index in [4.69, 9.17) is 5.26 Å². The third kappa shape index (κ3) is 3.23. The molecule has 0 saturated heterocycles. The third-order valence-corrected chi connectivity index (χ3v) is 2.72. The lowest BCUT2D eigenvalue weighted by molar-refractivity contribution is 1.13. The summed E-state index contributed by atoms with van der Waals surface area (Å²) in [6, 6.07) is 13.7. The quantitative estimate of drug-likeness (QED) is 0.912. The minimum absolute atomic E-state index is 0.610. The highest BCUT2D eigenvalue weighted by Crippen LogP contribution is 2.21. The predicted octanol–water partition coefficient (Wildman–Crippen LogP) is 3.07. The molecular weight excluding hydrogens is 236 g/mol. The van der Waals surface area contributed by atoms with Crippen LogP contribution >= 0.6 is 0 Å². The van der Waals surface area contributed by atoms with Gasteiger partial charge in [0, 0.05) is 31.2 Å². The molecule has 0 aliphatic rings. The van der Waals surface area contributed by atoms with E-state index in [2.05, 4.69) is 16.4 Å². The van der Waals surface area contributed by atoms with Crippen LogP contribution in [0.15, 0.2) is 36.4 Å². The number of rotatable bonds is 3. The second-order valence-electron chi connectivity index (χ2n) is 4.56. The topological polar surface area (TPSA) is 52.0 Å². The number of hydrogen-bond donors (Lipinski definition) is 1. The molecule has 0 amide bonds. The van der Waals surface area contributed by atoms with E-state index in [0.29, 0.717) is 11.4 Å². The highest BCUT2D eigenvalue weighted by Gasteiger charge is 2.02. The molecule has 2 aromatic rings. The second kappa shape index (κ2) is 5.40. The maximum atomic E-state index is 8.96. The van der Waals surface area contributed by atoms with Gasteiger partial charge in [-0.3, -0.25) is 0 Å². The maximum Gasteiger partial charge on any atom is 0.131 e. The van der Waals surface area contributed by atoms with Crippen molar-refractivity contribution in [3.05, 3.63) is 47.7 Å². The molecule has 1 aromatic carbocycles. The molecule has 0 spiro atoms. The van der Waals surface area contributed by atoms with E-state index >= 15 is 0 Å². The van der Waals surface area contributed by atoms with Gasteiger partial charge in [-0.2, -0.15) is 5.26 Å². The molecule has 1 N–H and O–H groups in total. The zero-order valence-electron chi connectivity index (χ0n) is 11.3. The fourth-order valence-corrected chi connectivity index (χ4v) is 1.81. The van der Waals surface area contributed by atoms with Gasteiger partial charge in [-0.1, -0.05) is 6.07 Å². The van der Waals surface area contributed by atoms with E-state index in [1.54, 1.807) is 12.1 Å². The molecule has 0 aliphatic heterocycles. The number of hydrogen-bond acceptors (Lipinski definition) is 4. The second-order valence-corrected chi connectivity index (χ2v) is 4.56. The van der Waals surface area contributed by atoms with E-state index < -0.39 is 0 Å². The molecule has 4 nitrogen and oxygen atoms in total. The van der Waals surface area contributed by atoms with Gasteiger partial charge in [-0.25, -0.2) is 4.98 Å². The summed E-state index contributed by atoms with van der Waals surface area (Å²) in [6.45, 7) is 1.88. The fourth-order valence-electron chi connectivity index (χ4n) is 1.81. The summed E-state index contributed by atoms with van der Waals surface area (Å²) in [5.74, 6) is 0.687. The Hall–Kier alpha value is -2.54. The predicted molar refractivity (Wildman–Crippen MR) is 77.7 cm³/mol. The number of anilines is 3. The molecule has 0 aliphatic carbocycles. The highest BCUT2D eigenvalue weighted by atomic mass is 15.1. The first kappa shape index (κ1) is 12.9. The van der Waals surface area contributed by atoms with E-state index in [-0.39, 0.29) is 0 Å². The summed E-state index contributed by atoms with van der Waals surface area (Å²) in [5, 5.41) is 12.2. The minimum atomic E-state index is 0.610. The van der Waals surface area contributed by atoms with Gasteiger partial charge in [0.15, 0.2) is 0 Å². The van der Waals surface area contributed by atoms with Crippen LogP contribution in [0.1, 0.15) is 11.3 Å². The van der Waals surface area contributed by atoms with Gasteiger partial charge in [0.1, 0.15) is 5.82 Å². The van der Waals surface area contributed by atoms with Crippen LogP contribution < -0.4 is 10.2 Å². The van der Waals surface area contributed by atoms with Gasteiger partial charge < -0.3 is 10.2 Å². The molecule has 4 heteroatoms. The van der Waals surface area contributed by atoms with E-state index in [9.17, 15) is 0 Å². The minimum Gasteiger partial charge on any atom is -0.378 e. The number of benzene rings is 1. The Labute approximate surface area is 113 Å². The van der Waals surface area contributed by atoms with Crippen molar-refractivity contribution < 1.29 is 0 Å². The van der Waals surface area contributed by atoms with E-state index in [0.717, 1.165) is 17.1 Å². The third-order valence-electron chi connectivity index (χ3n) is 2.72. The lowest BCUT2D eigenvalue weighted by Gasteiger charge is -2.14. The van der Waals surface area contributed by atoms with Crippen molar-refractivity contribution in [3.63, 3.8) is 0 Å². The Balaban J connectivity index is 2.28. The van der Waals surface area contributed by atoms with Gasteiger partial charge in [-0.15, -0.1) is 0 Å². The average Bonchev–Trinajstić information content (AvgIpc) is 2.38. The molecule has 0 bridgehead atoms. The Morgan fingerprint density at radius 3 is 2.68 bits per heavy atom. The zero-order valence-corrected chi connectivity index (χ0v) is 11.3. The van der Waals surface area contributed by atoms with Crippen molar-refractivity contribution >= 4 is 17.2 Å². The molecule has 0 unspecified atom stereocenters. The summed E-state index contributed by atoms with van der Waals surface area (Å²) < 4.78 is 0. The van der Waals surface area contributed by atoms with Crippen molar-refractivity contribution in [2.45, 2.75) is 6.92 Å². The van der Waals surface area contributed by atoms with Crippen LogP contribution in [0, 0.1) is 18.3 Å². The van der Waals surface area contributed by atoms with Crippen molar-refractivity contribution in [2.24, 2.45) is 0 Å². The number of nitriles is 1. The number of pyridine rings is 1. The largest absolute Gasteiger partial charge is 0.378 e. The smallest absolute Gasteiger partial charge is 0.131 e. The molecule has 19 heavy (non-hydrogen) atoms. The first-order valence-corrected chi connectivity index (χ1v) is 6.01. The molecule has 96 valence electrons. The first-order valence-electron chi connectivity index (χ1n) is 6.01. The number of nitrogens with one attached hydrogen (secondary N) is 1. The van der Waals surface area contributed by atoms with Crippen LogP contribution in [0.5, 0.6) is 0 Å². The van der Waals surface area contributed by atoms with Crippen molar-refractivity contribution in [2.75, 3.05) is 24.3 Å². The molecule has 1 heterocycles. The molecule has 0 saturated carbocycles. The normalized spacial score (nSPS) is 9.79. The molecule has 0 atom stereocenters. The monoisotopic (exact) mass is 252 g/mol. The standard InChI is InChI=1S/C15H16N4/c1-11-7-12(10-16)8-15(17-11)18-13-5-4-6-14(9-13)19(2)3/h4-9H,1-3H3,(H,17,18). The van der Waals surface area contributed by atoms with Crippen molar-refractivity contribution in [1.29, 1.82) is 5.26 Å². The molecular formula is C15H16N4. The Bertz CT molecular complexity index is 626. The fraction of sp³-hybridized carbons (Fsp3) is 0.200. The lowest BCUT2D eigenvalue weighted by atomic mass is 10.2. The Kier molecular flexibility index (Phi) is 3.67. The zero-order chi connectivity index (χ0) is 13.8. The van der Waals surface area contributed by atoms with Crippen LogP contribution in [0.2, 0.25) is 0 Å². The summed E-state index contributed by atoms with van der Waals surface area (Å²) in [7, 11) is 4.00. The Morgan fingerprint density at radius 2 is 2.00 bits per heavy atom. The molecule has 1 aromatic heterocycles. The Morgan fingerprint density at radius 1 is 1.21 bits per heavy atom. The number of aryl methyl sites for hydroxylation is 1. The molecule has 2 rings (SSSR count). The summed E-state index contributed by atoms with van der Waals surface area (Å²) in [4.78, 5) is 6.41. The molecule has 0 fully saturated rings. The van der Waals surface area contributed by atoms with Gasteiger partial charge in [0.2, 0.25) is 0 Å². The van der Waals surface area contributed by atoms with Crippen molar-refractivity contribution in [3.8, 4) is 6.07 Å². The van der Waals surface area contributed by atoms with Gasteiger partial charge in [-0.05, 0) is 37.3 Å². The summed E-state index contributed by atoms with van der Waals surface area (Å²) >= 11 is 0. The maximum absolute atomic E-state index is 8.96. The number of nitrogens with zero attached hydrogens (tertiary/aromatic N) is 3. The molecule has 0 radical (unpaired) electrons. The van der Waals surface area contributed by atoms with Crippen LogP contribution in [0.4, 0.5) is 17.2 Å². The van der Waals surface area contributed by atoms with Gasteiger partial charge >= 0.3 is 0 Å². The highest BCUT2D eigenvalue weighted by molar-refractivity contribution is 5.63.